The van der Waals surface area contributed by atoms with Crippen LogP contribution in [-0.2, 0) is 20.8 Å². The first kappa shape index (κ1) is 17.7. The summed E-state index contributed by atoms with van der Waals surface area (Å²) in [6.45, 7) is 2.28. The Bertz CT molecular complexity index is 888. The monoisotopic (exact) mass is 394 g/mol. The molecule has 0 radical (unpaired) electrons. The Kier molecular flexibility index (Phi) is 4.21. The summed E-state index contributed by atoms with van der Waals surface area (Å²) in [6, 6.07) is 7.80. The molecule has 3 atom stereocenters. The van der Waals surface area contributed by atoms with E-state index in [1.165, 1.54) is 0 Å². The number of aromatic nitrogens is 1. The molecule has 2 aromatic rings. The zero-order chi connectivity index (χ0) is 18.5. The maximum absolute atomic E-state index is 15.8. The van der Waals surface area contributed by atoms with Crippen molar-refractivity contribution in [2.24, 2.45) is 0 Å². The fraction of sp³-hybridized carbons (Fsp3) is 0.368. The first-order valence-corrected chi connectivity index (χ1v) is 9.16. The van der Waals surface area contributed by atoms with Crippen molar-refractivity contribution in [2.75, 3.05) is 6.61 Å². The van der Waals surface area contributed by atoms with Crippen LogP contribution in [-0.4, -0.2) is 17.5 Å². The van der Waals surface area contributed by atoms with E-state index < -0.39 is 23.2 Å². The fourth-order valence-electron chi connectivity index (χ4n) is 3.56. The second-order valence-electron chi connectivity index (χ2n) is 6.84. The first-order chi connectivity index (χ1) is 12.4. The van der Waals surface area contributed by atoms with Gasteiger partial charge in [-0.15, -0.1) is 0 Å². The number of fused-ring (bicyclic) bond motifs is 2. The van der Waals surface area contributed by atoms with Crippen molar-refractivity contribution in [1.29, 1.82) is 0 Å². The molecule has 0 bridgehead atoms. The second kappa shape index (κ2) is 6.19. The predicted octanol–water partition coefficient (Wildman–Crippen LogP) is 4.45. The van der Waals surface area contributed by atoms with Crippen molar-refractivity contribution in [3.05, 3.63) is 63.4 Å². The summed E-state index contributed by atoms with van der Waals surface area (Å²) in [4.78, 5) is 17.1. The van der Waals surface area contributed by atoms with Crippen molar-refractivity contribution in [3.8, 4) is 0 Å². The van der Waals surface area contributed by atoms with Crippen LogP contribution in [0.1, 0.15) is 42.6 Å². The first-order valence-electron chi connectivity index (χ1n) is 8.40. The third kappa shape index (κ3) is 2.79. The van der Waals surface area contributed by atoms with Gasteiger partial charge >= 0.3 is 0 Å². The van der Waals surface area contributed by atoms with Crippen LogP contribution < -0.4 is 5.32 Å². The van der Waals surface area contributed by atoms with Crippen LogP contribution in [0.3, 0.4) is 0 Å². The van der Waals surface area contributed by atoms with Gasteiger partial charge in [0.05, 0.1) is 18.3 Å². The zero-order valence-corrected chi connectivity index (χ0v) is 15.6. The highest BCUT2D eigenvalue weighted by atomic mass is 35.5. The molecule has 26 heavy (non-hydrogen) atoms. The van der Waals surface area contributed by atoms with Crippen LogP contribution in [0, 0.1) is 0 Å². The SMILES string of the molecule is CC(NC(=O)[C@]1(F)CC[C@@]2(CO2)c2ncccc21)c1ccc(Cl)cc1Cl. The van der Waals surface area contributed by atoms with Gasteiger partial charge in [-0.2, -0.15) is 0 Å². The average Bonchev–Trinajstić information content (AvgIpc) is 3.39. The van der Waals surface area contributed by atoms with E-state index in [-0.39, 0.29) is 12.0 Å². The molecule has 1 amide bonds. The molecule has 0 saturated carbocycles. The summed E-state index contributed by atoms with van der Waals surface area (Å²) < 4.78 is 21.3. The zero-order valence-electron chi connectivity index (χ0n) is 14.1. The Labute approximate surface area is 160 Å². The number of amides is 1. The van der Waals surface area contributed by atoms with Crippen LogP contribution in [0.2, 0.25) is 10.0 Å². The number of hydrogen-bond donors (Lipinski definition) is 1. The number of nitrogens with zero attached hydrogens (tertiary/aromatic N) is 1. The Morgan fingerprint density at radius 1 is 1.35 bits per heavy atom. The molecule has 1 aliphatic carbocycles. The number of pyridine rings is 1. The quantitative estimate of drug-likeness (QED) is 0.782. The Hall–Kier alpha value is -1.69. The molecule has 4 nitrogen and oxygen atoms in total. The summed E-state index contributed by atoms with van der Waals surface area (Å²) in [5.41, 5.74) is -1.17. The summed E-state index contributed by atoms with van der Waals surface area (Å²) in [7, 11) is 0. The number of alkyl halides is 1. The van der Waals surface area contributed by atoms with Crippen molar-refractivity contribution in [1.82, 2.24) is 10.3 Å². The number of rotatable bonds is 3. The minimum Gasteiger partial charge on any atom is -0.363 e. The number of epoxide rings is 1. The lowest BCUT2D eigenvalue weighted by molar-refractivity contribution is -0.135. The highest BCUT2D eigenvalue weighted by molar-refractivity contribution is 6.35. The lowest BCUT2D eigenvalue weighted by Crippen LogP contribution is -2.46. The van der Waals surface area contributed by atoms with Gasteiger partial charge in [0.15, 0.2) is 0 Å². The molecule has 1 N–H and O–H groups in total. The molecular weight excluding hydrogens is 378 g/mol. The number of nitrogens with one attached hydrogen (secondary N) is 1. The van der Waals surface area contributed by atoms with Crippen LogP contribution >= 0.6 is 23.2 Å². The number of hydrogen-bond acceptors (Lipinski definition) is 3. The van der Waals surface area contributed by atoms with Gasteiger partial charge in [0.1, 0.15) is 5.60 Å². The maximum atomic E-state index is 15.8. The van der Waals surface area contributed by atoms with Crippen molar-refractivity contribution < 1.29 is 13.9 Å². The molecule has 1 aromatic heterocycles. The van der Waals surface area contributed by atoms with Gasteiger partial charge in [0.25, 0.3) is 5.91 Å². The molecule has 136 valence electrons. The van der Waals surface area contributed by atoms with Crippen molar-refractivity contribution in [3.63, 3.8) is 0 Å². The Morgan fingerprint density at radius 2 is 2.12 bits per heavy atom. The maximum Gasteiger partial charge on any atom is 0.262 e. The van der Waals surface area contributed by atoms with Gasteiger partial charge in [0.2, 0.25) is 5.67 Å². The lowest BCUT2D eigenvalue weighted by atomic mass is 9.77. The molecule has 4 rings (SSSR count). The van der Waals surface area contributed by atoms with Gasteiger partial charge in [-0.05, 0) is 43.5 Å². The number of carbonyl (C=O) groups is 1. The molecule has 1 unspecified atom stereocenters. The standard InChI is InChI=1S/C19H17Cl2FN2O2/c1-11(13-5-4-12(20)9-15(13)21)24-17(25)19(22)7-6-18(10-26-18)16-14(19)3-2-8-23-16/h2-5,8-9,11H,6-7,10H2,1H3,(H,24,25)/t11?,18-,19+/m1/s1. The van der Waals surface area contributed by atoms with E-state index in [0.717, 1.165) is 0 Å². The number of halogens is 3. The topological polar surface area (TPSA) is 54.5 Å². The largest absolute Gasteiger partial charge is 0.363 e. The van der Waals surface area contributed by atoms with E-state index in [0.29, 0.717) is 34.3 Å². The van der Waals surface area contributed by atoms with Crippen molar-refractivity contribution in [2.45, 2.75) is 37.1 Å². The van der Waals surface area contributed by atoms with E-state index in [9.17, 15) is 4.79 Å². The third-order valence-electron chi connectivity index (χ3n) is 5.17. The molecule has 7 heteroatoms. The number of ether oxygens (including phenoxy) is 1. The summed E-state index contributed by atoms with van der Waals surface area (Å²) in [6.07, 6.45) is 2.08. The normalized spacial score (nSPS) is 27.7. The molecule has 1 aliphatic heterocycles. The van der Waals surface area contributed by atoms with Gasteiger partial charge in [0, 0.05) is 21.8 Å². The van der Waals surface area contributed by atoms with E-state index in [1.807, 2.05) is 0 Å². The van der Waals surface area contributed by atoms with Gasteiger partial charge in [-0.1, -0.05) is 35.3 Å². The van der Waals surface area contributed by atoms with E-state index >= 15 is 4.39 Å². The molecule has 1 fully saturated rings. The van der Waals surface area contributed by atoms with E-state index in [4.69, 9.17) is 27.9 Å². The summed E-state index contributed by atoms with van der Waals surface area (Å²) in [5.74, 6) is -0.694. The van der Waals surface area contributed by atoms with Crippen LogP contribution in [0.4, 0.5) is 4.39 Å². The minimum absolute atomic E-state index is 0.0542. The molecule has 1 spiro atoms. The Balaban J connectivity index is 1.62. The molecular formula is C19H17Cl2FN2O2. The van der Waals surface area contributed by atoms with Crippen LogP contribution in [0.15, 0.2) is 36.5 Å². The molecule has 2 aliphatic rings. The minimum atomic E-state index is -2.14. The van der Waals surface area contributed by atoms with Gasteiger partial charge in [-0.25, -0.2) is 4.39 Å². The smallest absolute Gasteiger partial charge is 0.262 e. The van der Waals surface area contributed by atoms with E-state index in [1.54, 1.807) is 43.5 Å². The highest BCUT2D eigenvalue weighted by Crippen LogP contribution is 2.53. The lowest BCUT2D eigenvalue weighted by Gasteiger charge is -2.34. The van der Waals surface area contributed by atoms with Crippen molar-refractivity contribution >= 4 is 29.1 Å². The predicted molar refractivity (Wildman–Crippen MR) is 96.9 cm³/mol. The van der Waals surface area contributed by atoms with E-state index in [2.05, 4.69) is 10.3 Å². The summed E-state index contributed by atoms with van der Waals surface area (Å²) in [5, 5.41) is 3.67. The van der Waals surface area contributed by atoms with Crippen LogP contribution in [0.5, 0.6) is 0 Å². The van der Waals surface area contributed by atoms with Gasteiger partial charge in [-0.3, -0.25) is 9.78 Å². The van der Waals surface area contributed by atoms with Gasteiger partial charge < -0.3 is 10.1 Å². The number of benzene rings is 1. The Morgan fingerprint density at radius 3 is 2.81 bits per heavy atom. The highest BCUT2D eigenvalue weighted by Gasteiger charge is 2.59. The summed E-state index contributed by atoms with van der Waals surface area (Å²) >= 11 is 12.1. The second-order valence-corrected chi connectivity index (χ2v) is 7.69. The average molecular weight is 395 g/mol. The van der Waals surface area contributed by atoms with Crippen LogP contribution in [0.25, 0.3) is 0 Å². The third-order valence-corrected chi connectivity index (χ3v) is 5.73. The fourth-order valence-corrected chi connectivity index (χ4v) is 4.13. The number of carbonyl (C=O) groups excluding carboxylic acids is 1. The molecule has 2 heterocycles. The molecule has 1 saturated heterocycles. The molecule has 1 aromatic carbocycles.